The molecule has 0 amide bonds. The average Bonchev–Trinajstić information content (AvgIpc) is 2.93. The lowest BCUT2D eigenvalue weighted by molar-refractivity contribution is 0.00578. The lowest BCUT2D eigenvalue weighted by atomic mass is 9.64. The molecule has 1 saturated carbocycles. The van der Waals surface area contributed by atoms with Crippen LogP contribution in [0, 0.1) is 5.92 Å². The van der Waals surface area contributed by atoms with E-state index in [0.29, 0.717) is 5.92 Å². The maximum atomic E-state index is 6.49. The minimum absolute atomic E-state index is 0.00354. The van der Waals surface area contributed by atoms with Gasteiger partial charge in [0.2, 0.25) is 0 Å². The highest BCUT2D eigenvalue weighted by molar-refractivity contribution is 6.63. The summed E-state index contributed by atoms with van der Waals surface area (Å²) in [5.74, 6) is 1.58. The van der Waals surface area contributed by atoms with Gasteiger partial charge in [-0.1, -0.05) is 73.4 Å². The number of hydrogen-bond donors (Lipinski definition) is 0. The highest BCUT2D eigenvalue weighted by Crippen LogP contribution is 2.46. The van der Waals surface area contributed by atoms with E-state index in [0.717, 1.165) is 24.1 Å². The first-order valence-corrected chi connectivity index (χ1v) is 12.9. The van der Waals surface area contributed by atoms with Crippen LogP contribution >= 0.6 is 0 Å². The Morgan fingerprint density at radius 2 is 1.61 bits per heavy atom. The first kappa shape index (κ1) is 28.2. The molecule has 5 heteroatoms. The predicted octanol–water partition coefficient (Wildman–Crippen LogP) is 6.76. The van der Waals surface area contributed by atoms with E-state index in [1.54, 1.807) is 7.11 Å². The van der Waals surface area contributed by atoms with Crippen LogP contribution in [-0.2, 0) is 24.9 Å². The number of rotatable bonds is 5. The van der Waals surface area contributed by atoms with Crippen LogP contribution in [0.2, 0.25) is 0 Å². The highest BCUT2D eigenvalue weighted by atomic mass is 16.7. The Kier molecular flexibility index (Phi) is 8.80. The van der Waals surface area contributed by atoms with Crippen molar-refractivity contribution >= 4 is 12.6 Å². The van der Waals surface area contributed by atoms with Crippen LogP contribution in [-0.4, -0.2) is 32.2 Å². The molecule has 4 nitrogen and oxygen atoms in total. The summed E-state index contributed by atoms with van der Waals surface area (Å²) in [7, 11) is 1.20. The maximum absolute atomic E-state index is 6.49. The third-order valence-electron chi connectivity index (χ3n) is 7.69. The van der Waals surface area contributed by atoms with E-state index in [-0.39, 0.29) is 17.6 Å². The van der Waals surface area contributed by atoms with Gasteiger partial charge in [0.25, 0.3) is 0 Å². The zero-order chi connectivity index (χ0) is 25.2. The summed E-state index contributed by atoms with van der Waals surface area (Å²) in [5.41, 5.74) is 2.79. The maximum Gasteiger partial charge on any atom is 0.498 e. The van der Waals surface area contributed by atoms with Gasteiger partial charge in [0.05, 0.1) is 11.2 Å². The summed E-state index contributed by atoms with van der Waals surface area (Å²) in [6.07, 6.45) is 4.86. The molecule has 1 aliphatic heterocycles. The molecule has 2 fully saturated rings. The van der Waals surface area contributed by atoms with Gasteiger partial charge in [-0.3, -0.25) is 0 Å². The summed E-state index contributed by atoms with van der Waals surface area (Å²) >= 11 is 0. The van der Waals surface area contributed by atoms with E-state index in [1.807, 2.05) is 13.8 Å². The second kappa shape index (κ2) is 10.3. The molecule has 0 aromatic heterocycles. The molecule has 0 N–H and O–H groups in total. The summed E-state index contributed by atoms with van der Waals surface area (Å²) in [6, 6.07) is 4.60. The van der Waals surface area contributed by atoms with Gasteiger partial charge in [0.15, 0.2) is 6.79 Å². The van der Waals surface area contributed by atoms with Crippen molar-refractivity contribution in [1.29, 1.82) is 0 Å². The van der Waals surface area contributed by atoms with Crippen molar-refractivity contribution in [3.63, 3.8) is 0 Å². The molecule has 0 spiro atoms. The van der Waals surface area contributed by atoms with Crippen molar-refractivity contribution in [2.24, 2.45) is 5.92 Å². The summed E-state index contributed by atoms with van der Waals surface area (Å²) in [5, 5.41) is 0. The average molecular weight is 461 g/mol. The Morgan fingerprint density at radius 1 is 1.03 bits per heavy atom. The minimum Gasteiger partial charge on any atom is -0.468 e. The fraction of sp³-hybridized carbons (Fsp3) is 0.786. The fourth-order valence-corrected chi connectivity index (χ4v) is 5.02. The van der Waals surface area contributed by atoms with Gasteiger partial charge in [0, 0.05) is 18.1 Å². The standard InChI is InChI=1S/C26H43BO4.C2H6/c1-18-12-11-13-26(9,16-18)20-14-19(23(2,3)4)15-21(22(20)29-17-28-10)27-30-24(5,6)25(7,8)31-27;1-2/h14-15,18H,11-13,16-17H2,1-10H3;1-2H3. The largest absolute Gasteiger partial charge is 0.498 e. The zero-order valence-electron chi connectivity index (χ0n) is 23.5. The highest BCUT2D eigenvalue weighted by Gasteiger charge is 2.53. The molecule has 33 heavy (non-hydrogen) atoms. The second-order valence-electron chi connectivity index (χ2n) is 12.1. The van der Waals surface area contributed by atoms with Crippen LogP contribution in [0.5, 0.6) is 5.75 Å². The van der Waals surface area contributed by atoms with Crippen molar-refractivity contribution in [1.82, 2.24) is 0 Å². The lowest BCUT2D eigenvalue weighted by Crippen LogP contribution is -2.41. The molecule has 1 aromatic carbocycles. The van der Waals surface area contributed by atoms with E-state index < -0.39 is 18.3 Å². The first-order valence-electron chi connectivity index (χ1n) is 12.9. The number of benzene rings is 1. The molecular formula is C28H49BO4. The van der Waals surface area contributed by atoms with E-state index >= 15 is 0 Å². The number of ether oxygens (including phenoxy) is 2. The van der Waals surface area contributed by atoms with Crippen LogP contribution < -0.4 is 10.2 Å². The van der Waals surface area contributed by atoms with Crippen LogP contribution in [0.1, 0.15) is 113 Å². The molecule has 2 atom stereocenters. The van der Waals surface area contributed by atoms with Crippen LogP contribution in [0.3, 0.4) is 0 Å². The van der Waals surface area contributed by atoms with Crippen LogP contribution in [0.25, 0.3) is 0 Å². The fourth-order valence-electron chi connectivity index (χ4n) is 5.02. The van der Waals surface area contributed by atoms with Crippen LogP contribution in [0.4, 0.5) is 0 Å². The monoisotopic (exact) mass is 460 g/mol. The van der Waals surface area contributed by atoms with Crippen molar-refractivity contribution in [2.75, 3.05) is 13.9 Å². The third-order valence-corrected chi connectivity index (χ3v) is 7.69. The second-order valence-corrected chi connectivity index (χ2v) is 12.1. The van der Waals surface area contributed by atoms with Gasteiger partial charge < -0.3 is 18.8 Å². The van der Waals surface area contributed by atoms with Crippen molar-refractivity contribution in [2.45, 2.75) is 124 Å². The molecule has 1 aliphatic carbocycles. The molecule has 0 radical (unpaired) electrons. The SMILES string of the molecule is CC.COCOc1c(B2OC(C)(C)C(C)(C)O2)cc(C(C)(C)C)cc1C1(C)CCCC(C)C1. The summed E-state index contributed by atoms with van der Waals surface area (Å²) in [6.45, 7) is 24.2. The molecule has 3 rings (SSSR count). The normalized spacial score (nSPS) is 26.5. The number of hydrogen-bond acceptors (Lipinski definition) is 4. The molecule has 2 aliphatic rings. The van der Waals surface area contributed by atoms with Crippen molar-refractivity contribution in [3.05, 3.63) is 23.3 Å². The topological polar surface area (TPSA) is 36.9 Å². The van der Waals surface area contributed by atoms with Crippen molar-refractivity contribution in [3.8, 4) is 5.75 Å². The molecule has 1 aromatic rings. The Hall–Kier alpha value is -1.04. The summed E-state index contributed by atoms with van der Waals surface area (Å²) in [4.78, 5) is 0. The Labute approximate surface area is 204 Å². The molecule has 2 unspecified atom stereocenters. The van der Waals surface area contributed by atoms with Gasteiger partial charge in [-0.25, -0.2) is 0 Å². The van der Waals surface area contributed by atoms with E-state index in [4.69, 9.17) is 18.8 Å². The van der Waals surface area contributed by atoms with Crippen LogP contribution in [0.15, 0.2) is 12.1 Å². The number of methoxy groups -OCH3 is 1. The van der Waals surface area contributed by atoms with Gasteiger partial charge in [-0.15, -0.1) is 0 Å². The van der Waals surface area contributed by atoms with Crippen molar-refractivity contribution < 1.29 is 18.8 Å². The molecule has 1 saturated heterocycles. The first-order chi connectivity index (χ1) is 15.2. The molecule has 0 bridgehead atoms. The molecular weight excluding hydrogens is 411 g/mol. The zero-order valence-corrected chi connectivity index (χ0v) is 23.5. The van der Waals surface area contributed by atoms with Gasteiger partial charge in [-0.05, 0) is 62.8 Å². The minimum atomic E-state index is -0.470. The van der Waals surface area contributed by atoms with E-state index in [9.17, 15) is 0 Å². The van der Waals surface area contributed by atoms with E-state index in [2.05, 4.69) is 74.4 Å². The Bertz CT molecular complexity index is 780. The quantitative estimate of drug-likeness (QED) is 0.359. The Morgan fingerprint density at radius 3 is 2.09 bits per heavy atom. The Balaban J connectivity index is 0.00000187. The molecule has 1 heterocycles. The predicted molar refractivity (Wildman–Crippen MR) is 140 cm³/mol. The van der Waals surface area contributed by atoms with Gasteiger partial charge >= 0.3 is 7.12 Å². The molecule has 188 valence electrons. The van der Waals surface area contributed by atoms with E-state index in [1.165, 1.54) is 24.0 Å². The lowest BCUT2D eigenvalue weighted by Gasteiger charge is -2.40. The smallest absolute Gasteiger partial charge is 0.468 e. The van der Waals surface area contributed by atoms with Gasteiger partial charge in [0.1, 0.15) is 5.75 Å². The third kappa shape index (κ3) is 5.97. The summed E-state index contributed by atoms with van der Waals surface area (Å²) < 4.78 is 24.6. The van der Waals surface area contributed by atoms with Gasteiger partial charge in [-0.2, -0.15) is 0 Å².